The first-order valence-corrected chi connectivity index (χ1v) is 12.3. The molecule has 0 unspecified atom stereocenters. The number of nitrogens with zero attached hydrogens (tertiary/aromatic N) is 2. The summed E-state index contributed by atoms with van der Waals surface area (Å²) in [7, 11) is 0. The van der Waals surface area contributed by atoms with E-state index in [9.17, 15) is 0 Å². The minimum Gasteiger partial charge on any atom is -0.205 e. The Kier molecular flexibility index (Phi) is 5.16. The molecule has 1 aliphatic rings. The van der Waals surface area contributed by atoms with Gasteiger partial charge in [0.15, 0.2) is 18.6 Å². The van der Waals surface area contributed by atoms with E-state index in [-0.39, 0.29) is 10.8 Å². The average molecular weight is 437 g/mol. The van der Waals surface area contributed by atoms with Crippen LogP contribution in [0.15, 0.2) is 73.2 Å². The summed E-state index contributed by atoms with van der Waals surface area (Å²) in [5.41, 5.74) is 9.56. The highest BCUT2D eigenvalue weighted by atomic mass is 15.0. The second-order valence-corrected chi connectivity index (χ2v) is 11.1. The summed E-state index contributed by atoms with van der Waals surface area (Å²) in [6.07, 6.45) is 9.47. The van der Waals surface area contributed by atoms with Gasteiger partial charge >= 0.3 is 0 Å². The Morgan fingerprint density at radius 3 is 2.27 bits per heavy atom. The molecular weight excluding hydrogens is 400 g/mol. The van der Waals surface area contributed by atoms with Crippen molar-refractivity contribution >= 4 is 10.9 Å². The van der Waals surface area contributed by atoms with Gasteiger partial charge < -0.3 is 0 Å². The smallest absolute Gasteiger partial charge is 0.205 e. The fourth-order valence-corrected chi connectivity index (χ4v) is 5.28. The SMILES string of the molecule is CCCC[n+]1ccc2c(c1)C(C)(C)c1c[n+](-c3ccc(C(C)(C)C)cc3)c3ccccc3c1-2. The molecule has 168 valence electrons. The summed E-state index contributed by atoms with van der Waals surface area (Å²) in [5.74, 6) is 0. The van der Waals surface area contributed by atoms with E-state index in [4.69, 9.17) is 0 Å². The van der Waals surface area contributed by atoms with Crippen LogP contribution in [0.2, 0.25) is 0 Å². The Balaban J connectivity index is 1.72. The zero-order valence-corrected chi connectivity index (χ0v) is 20.9. The Labute approximate surface area is 198 Å². The normalized spacial score (nSPS) is 14.4. The lowest BCUT2D eigenvalue weighted by atomic mass is 9.83. The fourth-order valence-electron chi connectivity index (χ4n) is 5.28. The van der Waals surface area contributed by atoms with Crippen LogP contribution >= 0.6 is 0 Å². The number of pyridine rings is 2. The van der Waals surface area contributed by atoms with Crippen molar-refractivity contribution in [3.05, 3.63) is 89.9 Å². The van der Waals surface area contributed by atoms with Gasteiger partial charge in [-0.3, -0.25) is 0 Å². The predicted octanol–water partition coefficient (Wildman–Crippen LogP) is 6.81. The zero-order valence-electron chi connectivity index (χ0n) is 20.9. The van der Waals surface area contributed by atoms with Gasteiger partial charge in [-0.25, -0.2) is 4.57 Å². The van der Waals surface area contributed by atoms with Crippen LogP contribution < -0.4 is 9.13 Å². The number of unbranched alkanes of at least 4 members (excludes halogenated alkanes) is 1. The lowest BCUT2D eigenvalue weighted by molar-refractivity contribution is -0.697. The molecule has 5 rings (SSSR count). The molecular formula is C31H36N2+2. The average Bonchev–Trinajstić information content (AvgIpc) is 3.03. The number of fused-ring (bicyclic) bond motifs is 5. The van der Waals surface area contributed by atoms with Crippen molar-refractivity contribution in [1.82, 2.24) is 0 Å². The summed E-state index contributed by atoms with van der Waals surface area (Å²) >= 11 is 0. The van der Waals surface area contributed by atoms with Crippen molar-refractivity contribution in [1.29, 1.82) is 0 Å². The monoisotopic (exact) mass is 436 g/mol. The highest BCUT2D eigenvalue weighted by Gasteiger charge is 2.41. The summed E-state index contributed by atoms with van der Waals surface area (Å²) in [4.78, 5) is 0. The number of hydrogen-bond donors (Lipinski definition) is 0. The quantitative estimate of drug-likeness (QED) is 0.311. The molecule has 1 aliphatic carbocycles. The van der Waals surface area contributed by atoms with Gasteiger partial charge in [-0.05, 0) is 22.6 Å². The Hall–Kier alpha value is -3.00. The van der Waals surface area contributed by atoms with E-state index in [1.54, 1.807) is 0 Å². The second-order valence-electron chi connectivity index (χ2n) is 11.1. The van der Waals surface area contributed by atoms with Gasteiger partial charge in [-0.15, -0.1) is 0 Å². The molecule has 2 heteroatoms. The Morgan fingerprint density at radius 1 is 0.848 bits per heavy atom. The van der Waals surface area contributed by atoms with Crippen LogP contribution in [0.25, 0.3) is 27.7 Å². The molecule has 0 amide bonds. The van der Waals surface area contributed by atoms with E-state index in [2.05, 4.69) is 124 Å². The third-order valence-corrected chi connectivity index (χ3v) is 7.38. The van der Waals surface area contributed by atoms with Crippen molar-refractivity contribution < 1.29 is 9.13 Å². The molecule has 0 aliphatic heterocycles. The molecule has 33 heavy (non-hydrogen) atoms. The minimum atomic E-state index is -0.0446. The molecule has 0 atom stereocenters. The molecule has 0 saturated carbocycles. The van der Waals surface area contributed by atoms with E-state index in [0.29, 0.717) is 0 Å². The Morgan fingerprint density at radius 2 is 1.58 bits per heavy atom. The van der Waals surface area contributed by atoms with Gasteiger partial charge in [0, 0.05) is 52.8 Å². The van der Waals surface area contributed by atoms with E-state index >= 15 is 0 Å². The molecule has 0 N–H and O–H groups in total. The summed E-state index contributed by atoms with van der Waals surface area (Å²) in [6.45, 7) is 14.9. The van der Waals surface area contributed by atoms with Crippen LogP contribution in [-0.4, -0.2) is 0 Å². The third-order valence-electron chi connectivity index (χ3n) is 7.38. The van der Waals surface area contributed by atoms with Gasteiger partial charge in [0.25, 0.3) is 0 Å². The van der Waals surface area contributed by atoms with Crippen LogP contribution in [0.5, 0.6) is 0 Å². The molecule has 0 fully saturated rings. The second kappa shape index (κ2) is 7.80. The molecule has 4 aromatic rings. The number of hydrogen-bond acceptors (Lipinski definition) is 0. The molecule has 2 aromatic heterocycles. The molecule has 0 radical (unpaired) electrons. The van der Waals surface area contributed by atoms with Crippen molar-refractivity contribution in [3.63, 3.8) is 0 Å². The van der Waals surface area contributed by atoms with Gasteiger partial charge in [0.1, 0.15) is 6.54 Å². The predicted molar refractivity (Wildman–Crippen MR) is 137 cm³/mol. The van der Waals surface area contributed by atoms with E-state index in [1.807, 2.05) is 0 Å². The number of aryl methyl sites for hydroxylation is 1. The maximum atomic E-state index is 2.39. The number of rotatable bonds is 4. The lowest BCUT2D eigenvalue weighted by Crippen LogP contribution is -2.35. The maximum Gasteiger partial charge on any atom is 0.219 e. The molecule has 2 aromatic carbocycles. The summed E-state index contributed by atoms with van der Waals surface area (Å²) in [6, 6.07) is 20.3. The van der Waals surface area contributed by atoms with Crippen molar-refractivity contribution in [2.45, 2.75) is 71.8 Å². The maximum absolute atomic E-state index is 2.39. The molecule has 0 saturated heterocycles. The largest absolute Gasteiger partial charge is 0.219 e. The van der Waals surface area contributed by atoms with Crippen LogP contribution in [0.3, 0.4) is 0 Å². The fraction of sp³-hybridized carbons (Fsp3) is 0.355. The first kappa shape index (κ1) is 21.8. The van der Waals surface area contributed by atoms with Crippen molar-refractivity contribution in [3.8, 4) is 16.8 Å². The molecule has 0 bridgehead atoms. The van der Waals surface area contributed by atoms with E-state index in [1.165, 1.54) is 57.2 Å². The number of para-hydroxylation sites is 1. The van der Waals surface area contributed by atoms with Crippen molar-refractivity contribution in [2.24, 2.45) is 0 Å². The lowest BCUT2D eigenvalue weighted by Gasteiger charge is -2.20. The number of benzene rings is 2. The van der Waals surface area contributed by atoms with Gasteiger partial charge in [0.2, 0.25) is 11.2 Å². The van der Waals surface area contributed by atoms with E-state index < -0.39 is 0 Å². The first-order chi connectivity index (χ1) is 15.7. The topological polar surface area (TPSA) is 7.76 Å². The molecule has 2 nitrogen and oxygen atoms in total. The molecule has 2 heterocycles. The zero-order chi connectivity index (χ0) is 23.4. The Bertz CT molecular complexity index is 1340. The van der Waals surface area contributed by atoms with Crippen LogP contribution in [0.1, 0.15) is 71.1 Å². The van der Waals surface area contributed by atoms with E-state index in [0.717, 1.165) is 6.54 Å². The van der Waals surface area contributed by atoms with Crippen LogP contribution in [-0.2, 0) is 17.4 Å². The molecule has 0 spiro atoms. The van der Waals surface area contributed by atoms with Gasteiger partial charge in [0.05, 0.1) is 5.39 Å². The third kappa shape index (κ3) is 3.57. The number of aromatic nitrogens is 2. The first-order valence-electron chi connectivity index (χ1n) is 12.3. The highest BCUT2D eigenvalue weighted by molar-refractivity contribution is 5.99. The minimum absolute atomic E-state index is 0.0446. The van der Waals surface area contributed by atoms with Crippen molar-refractivity contribution in [2.75, 3.05) is 0 Å². The summed E-state index contributed by atoms with van der Waals surface area (Å²) < 4.78 is 4.76. The summed E-state index contributed by atoms with van der Waals surface area (Å²) in [5, 5.41) is 1.33. The highest BCUT2D eigenvalue weighted by Crippen LogP contribution is 2.50. The van der Waals surface area contributed by atoms with Gasteiger partial charge in [-0.1, -0.05) is 72.2 Å². The standard InChI is InChI=1S/C31H36N2/c1-7-8-18-32-19-17-24-26(20-32)31(5,6)27-21-33(28-12-10-9-11-25(28)29(24)27)23-15-13-22(14-16-23)30(2,3)4/h9-17,19-21H,7-8,18H2,1-6H3/q+2. The van der Waals surface area contributed by atoms with Crippen LogP contribution in [0.4, 0.5) is 0 Å². The van der Waals surface area contributed by atoms with Crippen LogP contribution in [0, 0.1) is 0 Å². The van der Waals surface area contributed by atoms with Gasteiger partial charge in [-0.2, -0.15) is 4.57 Å².